The molecule has 0 rings (SSSR count). The summed E-state index contributed by atoms with van der Waals surface area (Å²) in [4.78, 5) is 1.62. The van der Waals surface area contributed by atoms with Crippen molar-refractivity contribution in [1.82, 2.24) is 4.90 Å². The molecule has 3 unspecified atom stereocenters. The fraction of sp³-hybridized carbons (Fsp3) is 1.00. The molecule has 0 saturated carbocycles. The minimum atomic E-state index is -0.975. The van der Waals surface area contributed by atoms with Gasteiger partial charge in [0.15, 0.2) is 0 Å². The highest BCUT2D eigenvalue weighted by Gasteiger charge is 2.24. The van der Waals surface area contributed by atoms with Crippen LogP contribution in [0.1, 0.15) is 13.3 Å². The maximum atomic E-state index is 9.44. The fourth-order valence-electron chi connectivity index (χ4n) is 0.930. The summed E-state index contributed by atoms with van der Waals surface area (Å²) in [5.74, 6) is -0.285. The third-order valence-corrected chi connectivity index (χ3v) is 2.06. The van der Waals surface area contributed by atoms with E-state index in [-0.39, 0.29) is 5.92 Å². The monoisotopic (exact) mass is 181 g/mol. The summed E-state index contributed by atoms with van der Waals surface area (Å²) in [7, 11) is 3.49. The smallest absolute Gasteiger partial charge is 0.134 e. The van der Waals surface area contributed by atoms with Gasteiger partial charge in [-0.2, -0.15) is 0 Å². The molecule has 0 aromatic heterocycles. The van der Waals surface area contributed by atoms with Crippen LogP contribution in [0.2, 0.25) is 0 Å². The largest absolute Gasteiger partial charge is 0.378 e. The molecule has 0 aromatic rings. The molecule has 0 bridgehead atoms. The summed E-state index contributed by atoms with van der Waals surface area (Å²) in [6.07, 6.45) is -0.0169. The van der Waals surface area contributed by atoms with E-state index in [1.54, 1.807) is 19.0 Å². The molecule has 0 saturated heterocycles. The van der Waals surface area contributed by atoms with Crippen molar-refractivity contribution < 1.29 is 10.2 Å². The Kier molecular flexibility index (Phi) is 5.01. The molecule has 0 aromatic carbocycles. The SMILES string of the molecule is CCC(C(O)Cl)C(O)N(C)C. The van der Waals surface area contributed by atoms with Crippen molar-refractivity contribution >= 4 is 11.6 Å². The Morgan fingerprint density at radius 1 is 1.36 bits per heavy atom. The number of rotatable bonds is 4. The van der Waals surface area contributed by atoms with Crippen LogP contribution in [0.4, 0.5) is 0 Å². The summed E-state index contributed by atoms with van der Waals surface area (Å²) in [5.41, 5.74) is -0.975. The molecular weight excluding hydrogens is 166 g/mol. The normalized spacial score (nSPS) is 19.9. The zero-order chi connectivity index (χ0) is 9.02. The summed E-state index contributed by atoms with van der Waals surface area (Å²) in [6.45, 7) is 1.88. The van der Waals surface area contributed by atoms with Crippen molar-refractivity contribution in [2.24, 2.45) is 5.92 Å². The minimum Gasteiger partial charge on any atom is -0.378 e. The molecule has 0 spiro atoms. The lowest BCUT2D eigenvalue weighted by Gasteiger charge is -2.27. The van der Waals surface area contributed by atoms with Gasteiger partial charge in [0.05, 0.1) is 0 Å². The van der Waals surface area contributed by atoms with Gasteiger partial charge >= 0.3 is 0 Å². The predicted molar refractivity (Wildman–Crippen MR) is 45.3 cm³/mol. The average Bonchev–Trinajstić information content (AvgIpc) is 1.88. The van der Waals surface area contributed by atoms with Gasteiger partial charge in [-0.1, -0.05) is 18.5 Å². The zero-order valence-electron chi connectivity index (χ0n) is 7.16. The molecule has 0 aliphatic rings. The molecule has 3 atom stereocenters. The van der Waals surface area contributed by atoms with Gasteiger partial charge < -0.3 is 10.2 Å². The van der Waals surface area contributed by atoms with Gasteiger partial charge in [0.1, 0.15) is 11.8 Å². The van der Waals surface area contributed by atoms with Gasteiger partial charge in [-0.3, -0.25) is 4.90 Å². The van der Waals surface area contributed by atoms with Gasteiger partial charge in [-0.25, -0.2) is 0 Å². The maximum Gasteiger partial charge on any atom is 0.134 e. The predicted octanol–water partition coefficient (Wildman–Crippen LogP) is 0.450. The summed E-state index contributed by atoms with van der Waals surface area (Å²) < 4.78 is 0. The van der Waals surface area contributed by atoms with Crippen LogP contribution in [-0.2, 0) is 0 Å². The topological polar surface area (TPSA) is 43.7 Å². The van der Waals surface area contributed by atoms with Gasteiger partial charge in [-0.15, -0.1) is 0 Å². The minimum absolute atomic E-state index is 0.285. The number of hydrogen-bond donors (Lipinski definition) is 2. The van der Waals surface area contributed by atoms with Crippen molar-refractivity contribution in [2.75, 3.05) is 14.1 Å². The second-order valence-electron chi connectivity index (χ2n) is 2.82. The highest BCUT2D eigenvalue weighted by atomic mass is 35.5. The molecular formula is C7H16ClNO2. The molecule has 11 heavy (non-hydrogen) atoms. The summed E-state index contributed by atoms with van der Waals surface area (Å²) in [6, 6.07) is 0. The zero-order valence-corrected chi connectivity index (χ0v) is 7.91. The van der Waals surface area contributed by atoms with E-state index in [2.05, 4.69) is 0 Å². The molecule has 68 valence electrons. The van der Waals surface area contributed by atoms with Crippen LogP contribution >= 0.6 is 11.6 Å². The number of aliphatic hydroxyl groups is 2. The molecule has 0 aliphatic carbocycles. The highest BCUT2D eigenvalue weighted by Crippen LogP contribution is 2.17. The number of alkyl halides is 1. The van der Waals surface area contributed by atoms with E-state index in [1.807, 2.05) is 6.92 Å². The van der Waals surface area contributed by atoms with Crippen molar-refractivity contribution in [3.63, 3.8) is 0 Å². The van der Waals surface area contributed by atoms with Gasteiger partial charge in [0.2, 0.25) is 0 Å². The van der Waals surface area contributed by atoms with Crippen molar-refractivity contribution in [3.05, 3.63) is 0 Å². The lowest BCUT2D eigenvalue weighted by atomic mass is 10.1. The van der Waals surface area contributed by atoms with E-state index in [9.17, 15) is 5.11 Å². The first-order valence-corrected chi connectivity index (χ1v) is 4.11. The van der Waals surface area contributed by atoms with Crippen molar-refractivity contribution in [3.8, 4) is 0 Å². The standard InChI is InChI=1S/C7H16ClNO2/c1-4-5(6(8)10)7(11)9(2)3/h5-7,10-11H,4H2,1-3H3. The molecule has 0 heterocycles. The van der Waals surface area contributed by atoms with Gasteiger partial charge in [0.25, 0.3) is 0 Å². The van der Waals surface area contributed by atoms with E-state index in [1.165, 1.54) is 0 Å². The van der Waals surface area contributed by atoms with Crippen molar-refractivity contribution in [2.45, 2.75) is 25.1 Å². The first-order chi connectivity index (χ1) is 5.00. The molecule has 3 nitrogen and oxygen atoms in total. The fourth-order valence-corrected chi connectivity index (χ4v) is 1.24. The van der Waals surface area contributed by atoms with E-state index in [4.69, 9.17) is 16.7 Å². The van der Waals surface area contributed by atoms with E-state index in [0.717, 1.165) is 0 Å². The third kappa shape index (κ3) is 3.38. The first kappa shape index (κ1) is 11.2. The highest BCUT2D eigenvalue weighted by molar-refractivity contribution is 6.19. The second kappa shape index (κ2) is 4.93. The Morgan fingerprint density at radius 2 is 1.82 bits per heavy atom. The summed E-state index contributed by atoms with van der Waals surface area (Å²) in [5, 5.41) is 18.4. The van der Waals surface area contributed by atoms with Crippen LogP contribution < -0.4 is 0 Å². The number of aliphatic hydroxyl groups excluding tert-OH is 2. The van der Waals surface area contributed by atoms with E-state index < -0.39 is 11.8 Å². The molecule has 0 amide bonds. The van der Waals surface area contributed by atoms with Crippen LogP contribution in [0.25, 0.3) is 0 Å². The number of hydrogen-bond acceptors (Lipinski definition) is 3. The molecule has 0 radical (unpaired) electrons. The molecule has 0 aliphatic heterocycles. The van der Waals surface area contributed by atoms with E-state index >= 15 is 0 Å². The Bertz CT molecular complexity index is 109. The van der Waals surface area contributed by atoms with Crippen LogP contribution in [-0.4, -0.2) is 41.0 Å². The van der Waals surface area contributed by atoms with Gasteiger partial charge in [-0.05, 0) is 20.5 Å². The first-order valence-electron chi connectivity index (χ1n) is 3.67. The van der Waals surface area contributed by atoms with Crippen LogP contribution in [0.3, 0.4) is 0 Å². The van der Waals surface area contributed by atoms with Crippen molar-refractivity contribution in [1.29, 1.82) is 0 Å². The average molecular weight is 182 g/mol. The van der Waals surface area contributed by atoms with Crippen LogP contribution in [0.15, 0.2) is 0 Å². The quantitative estimate of drug-likeness (QED) is 0.489. The van der Waals surface area contributed by atoms with Crippen LogP contribution in [0.5, 0.6) is 0 Å². The number of nitrogens with zero attached hydrogens (tertiary/aromatic N) is 1. The Balaban J connectivity index is 4.02. The van der Waals surface area contributed by atoms with Crippen LogP contribution in [0, 0.1) is 5.92 Å². The number of halogens is 1. The molecule has 0 fully saturated rings. The lowest BCUT2D eigenvalue weighted by molar-refractivity contribution is -0.0403. The van der Waals surface area contributed by atoms with E-state index in [0.29, 0.717) is 6.42 Å². The molecule has 2 N–H and O–H groups in total. The Morgan fingerprint density at radius 3 is 1.91 bits per heavy atom. The Labute approximate surface area is 72.6 Å². The Hall–Kier alpha value is 0.170. The van der Waals surface area contributed by atoms with Gasteiger partial charge in [0, 0.05) is 5.92 Å². The molecule has 4 heteroatoms. The third-order valence-electron chi connectivity index (χ3n) is 1.74. The lowest BCUT2D eigenvalue weighted by Crippen LogP contribution is -2.39. The summed E-state index contributed by atoms with van der Waals surface area (Å²) >= 11 is 5.45. The second-order valence-corrected chi connectivity index (χ2v) is 3.27. The maximum absolute atomic E-state index is 9.44.